The van der Waals surface area contributed by atoms with Crippen molar-refractivity contribution in [2.24, 2.45) is 0 Å². The van der Waals surface area contributed by atoms with E-state index >= 15 is 0 Å². The fraction of sp³-hybridized carbons (Fsp3) is 0.300. The molecule has 0 bridgehead atoms. The number of nitrogens with one attached hydrogen (secondary N) is 1. The van der Waals surface area contributed by atoms with Gasteiger partial charge in [-0.3, -0.25) is 9.69 Å². The SMILES string of the molecule is COc1ccc(CNC(=O)CN2CCN(c3ccccc3OC)C2=O)cc1. The first-order chi connectivity index (χ1) is 13.1. The van der Waals surface area contributed by atoms with E-state index in [1.54, 1.807) is 19.1 Å². The maximum absolute atomic E-state index is 12.7. The number of anilines is 1. The van der Waals surface area contributed by atoms with Gasteiger partial charge < -0.3 is 19.7 Å². The number of hydrogen-bond donors (Lipinski definition) is 1. The van der Waals surface area contributed by atoms with E-state index in [-0.39, 0.29) is 18.5 Å². The van der Waals surface area contributed by atoms with Gasteiger partial charge in [0.2, 0.25) is 5.91 Å². The molecule has 0 saturated carbocycles. The number of benzene rings is 2. The fourth-order valence-electron chi connectivity index (χ4n) is 2.98. The van der Waals surface area contributed by atoms with Gasteiger partial charge in [0.25, 0.3) is 0 Å². The lowest BCUT2D eigenvalue weighted by Gasteiger charge is -2.20. The Balaban J connectivity index is 1.55. The van der Waals surface area contributed by atoms with Gasteiger partial charge in [0.1, 0.15) is 18.0 Å². The molecule has 1 heterocycles. The van der Waals surface area contributed by atoms with Crippen molar-refractivity contribution in [2.75, 3.05) is 38.8 Å². The van der Waals surface area contributed by atoms with Crippen LogP contribution in [-0.4, -0.2) is 50.7 Å². The third kappa shape index (κ3) is 4.31. The smallest absolute Gasteiger partial charge is 0.325 e. The van der Waals surface area contributed by atoms with Crippen molar-refractivity contribution in [1.29, 1.82) is 0 Å². The summed E-state index contributed by atoms with van der Waals surface area (Å²) in [6.45, 7) is 1.44. The fourth-order valence-corrected chi connectivity index (χ4v) is 2.98. The van der Waals surface area contributed by atoms with E-state index in [2.05, 4.69) is 5.32 Å². The van der Waals surface area contributed by atoms with Crippen LogP contribution in [0, 0.1) is 0 Å². The Morgan fingerprint density at radius 3 is 2.48 bits per heavy atom. The van der Waals surface area contributed by atoms with Gasteiger partial charge in [-0.2, -0.15) is 0 Å². The maximum Gasteiger partial charge on any atom is 0.325 e. The third-order valence-electron chi connectivity index (χ3n) is 4.45. The summed E-state index contributed by atoms with van der Waals surface area (Å²) in [6.07, 6.45) is 0. The van der Waals surface area contributed by atoms with E-state index in [0.717, 1.165) is 11.3 Å². The third-order valence-corrected chi connectivity index (χ3v) is 4.45. The van der Waals surface area contributed by atoms with Crippen LogP contribution in [0.4, 0.5) is 10.5 Å². The molecule has 3 rings (SSSR count). The lowest BCUT2D eigenvalue weighted by molar-refractivity contribution is -0.121. The summed E-state index contributed by atoms with van der Waals surface area (Å²) in [7, 11) is 3.18. The Kier molecular flexibility index (Phi) is 5.80. The molecule has 2 aromatic carbocycles. The summed E-state index contributed by atoms with van der Waals surface area (Å²) in [5, 5.41) is 2.84. The second kappa shape index (κ2) is 8.44. The molecule has 0 radical (unpaired) electrons. The molecule has 3 amide bonds. The monoisotopic (exact) mass is 369 g/mol. The van der Waals surface area contributed by atoms with Crippen LogP contribution < -0.4 is 19.7 Å². The highest BCUT2D eigenvalue weighted by Crippen LogP contribution is 2.30. The molecular formula is C20H23N3O4. The minimum Gasteiger partial charge on any atom is -0.497 e. The second-order valence-electron chi connectivity index (χ2n) is 6.15. The van der Waals surface area contributed by atoms with Crippen molar-refractivity contribution in [2.45, 2.75) is 6.54 Å². The van der Waals surface area contributed by atoms with Gasteiger partial charge >= 0.3 is 6.03 Å². The predicted molar refractivity (Wildman–Crippen MR) is 102 cm³/mol. The molecule has 1 saturated heterocycles. The zero-order valence-corrected chi connectivity index (χ0v) is 15.5. The molecule has 142 valence electrons. The van der Waals surface area contributed by atoms with Crippen LogP contribution in [0.3, 0.4) is 0 Å². The van der Waals surface area contributed by atoms with Gasteiger partial charge in [0, 0.05) is 19.6 Å². The lowest BCUT2D eigenvalue weighted by Crippen LogP contribution is -2.39. The topological polar surface area (TPSA) is 71.1 Å². The molecular weight excluding hydrogens is 346 g/mol. The first-order valence-corrected chi connectivity index (χ1v) is 8.71. The van der Waals surface area contributed by atoms with Gasteiger partial charge in [0.15, 0.2) is 0 Å². The van der Waals surface area contributed by atoms with E-state index in [1.165, 1.54) is 4.90 Å². The Labute approximate surface area is 158 Å². The van der Waals surface area contributed by atoms with E-state index < -0.39 is 0 Å². The van der Waals surface area contributed by atoms with Crippen molar-refractivity contribution in [3.05, 3.63) is 54.1 Å². The first kappa shape index (κ1) is 18.6. The molecule has 0 spiro atoms. The number of amides is 3. The molecule has 1 fully saturated rings. The second-order valence-corrected chi connectivity index (χ2v) is 6.15. The highest BCUT2D eigenvalue weighted by molar-refractivity contribution is 5.97. The van der Waals surface area contributed by atoms with Crippen LogP contribution >= 0.6 is 0 Å². The van der Waals surface area contributed by atoms with Gasteiger partial charge in [-0.1, -0.05) is 24.3 Å². The Bertz CT molecular complexity index is 807. The van der Waals surface area contributed by atoms with E-state index in [0.29, 0.717) is 31.1 Å². The van der Waals surface area contributed by atoms with Gasteiger partial charge in [0.05, 0.1) is 19.9 Å². The normalized spacial score (nSPS) is 13.6. The molecule has 1 aliphatic heterocycles. The summed E-state index contributed by atoms with van der Waals surface area (Å²) in [6, 6.07) is 14.6. The number of urea groups is 1. The minimum absolute atomic E-state index is 0.0284. The van der Waals surface area contributed by atoms with Crippen LogP contribution in [-0.2, 0) is 11.3 Å². The number of ether oxygens (including phenoxy) is 2. The lowest BCUT2D eigenvalue weighted by atomic mass is 10.2. The molecule has 7 heteroatoms. The zero-order chi connectivity index (χ0) is 19.2. The van der Waals surface area contributed by atoms with Gasteiger partial charge in [-0.05, 0) is 29.8 Å². The zero-order valence-electron chi connectivity index (χ0n) is 15.5. The average Bonchev–Trinajstić information content (AvgIpc) is 3.06. The number of para-hydroxylation sites is 2. The number of carbonyl (C=O) groups excluding carboxylic acids is 2. The number of rotatable bonds is 7. The Morgan fingerprint density at radius 2 is 1.78 bits per heavy atom. The summed E-state index contributed by atoms with van der Waals surface area (Å²) < 4.78 is 10.4. The molecule has 0 aliphatic carbocycles. The number of methoxy groups -OCH3 is 2. The summed E-state index contributed by atoms with van der Waals surface area (Å²) in [4.78, 5) is 28.1. The van der Waals surface area contributed by atoms with Crippen LogP contribution in [0.15, 0.2) is 48.5 Å². The summed E-state index contributed by atoms with van der Waals surface area (Å²) in [5.74, 6) is 1.21. The van der Waals surface area contributed by atoms with Crippen molar-refractivity contribution < 1.29 is 19.1 Å². The van der Waals surface area contributed by atoms with Crippen molar-refractivity contribution >= 4 is 17.6 Å². The van der Waals surface area contributed by atoms with E-state index in [1.807, 2.05) is 48.5 Å². The standard InChI is InChI=1S/C20H23N3O4/c1-26-16-9-7-15(8-10-16)13-21-19(24)14-22-11-12-23(20(22)25)17-5-3-4-6-18(17)27-2/h3-10H,11-14H2,1-2H3,(H,21,24). The molecule has 7 nitrogen and oxygen atoms in total. The number of hydrogen-bond acceptors (Lipinski definition) is 4. The number of nitrogens with zero attached hydrogens (tertiary/aromatic N) is 2. The molecule has 0 aromatic heterocycles. The Morgan fingerprint density at radius 1 is 1.04 bits per heavy atom. The van der Waals surface area contributed by atoms with Crippen LogP contribution in [0.2, 0.25) is 0 Å². The van der Waals surface area contributed by atoms with Gasteiger partial charge in [-0.15, -0.1) is 0 Å². The van der Waals surface area contributed by atoms with Crippen molar-refractivity contribution in [3.8, 4) is 11.5 Å². The first-order valence-electron chi connectivity index (χ1n) is 8.71. The van der Waals surface area contributed by atoms with Crippen molar-refractivity contribution in [3.63, 3.8) is 0 Å². The minimum atomic E-state index is -0.195. The molecule has 2 aromatic rings. The van der Waals surface area contributed by atoms with E-state index in [9.17, 15) is 9.59 Å². The molecule has 1 N–H and O–H groups in total. The molecule has 1 aliphatic rings. The number of carbonyl (C=O) groups is 2. The predicted octanol–water partition coefficient (Wildman–Crippen LogP) is 2.26. The van der Waals surface area contributed by atoms with Crippen molar-refractivity contribution in [1.82, 2.24) is 10.2 Å². The quantitative estimate of drug-likeness (QED) is 0.813. The van der Waals surface area contributed by atoms with Gasteiger partial charge in [-0.25, -0.2) is 4.79 Å². The summed E-state index contributed by atoms with van der Waals surface area (Å²) >= 11 is 0. The van der Waals surface area contributed by atoms with Crippen LogP contribution in [0.5, 0.6) is 11.5 Å². The Hall–Kier alpha value is -3.22. The average molecular weight is 369 g/mol. The highest BCUT2D eigenvalue weighted by Gasteiger charge is 2.32. The highest BCUT2D eigenvalue weighted by atomic mass is 16.5. The molecule has 27 heavy (non-hydrogen) atoms. The largest absolute Gasteiger partial charge is 0.497 e. The maximum atomic E-state index is 12.7. The molecule has 0 atom stereocenters. The molecule has 0 unspecified atom stereocenters. The van der Waals surface area contributed by atoms with Crippen LogP contribution in [0.25, 0.3) is 0 Å². The van der Waals surface area contributed by atoms with Crippen LogP contribution in [0.1, 0.15) is 5.56 Å². The van der Waals surface area contributed by atoms with E-state index in [4.69, 9.17) is 9.47 Å². The summed E-state index contributed by atoms with van der Waals surface area (Å²) in [5.41, 5.74) is 1.68.